The number of rotatable bonds is 9. The zero-order chi connectivity index (χ0) is 22.3. The molecule has 4 atom stereocenters. The summed E-state index contributed by atoms with van der Waals surface area (Å²) in [6.07, 6.45) is 3.20. The molecule has 3 fully saturated rings. The minimum atomic E-state index is 0.0359. The second kappa shape index (κ2) is 11.5. The van der Waals surface area contributed by atoms with Gasteiger partial charge < -0.3 is 19.5 Å². The Bertz CT molecular complexity index is 722. The van der Waals surface area contributed by atoms with E-state index >= 15 is 0 Å². The summed E-state index contributed by atoms with van der Waals surface area (Å²) in [5, 5.41) is 3.10. The van der Waals surface area contributed by atoms with Gasteiger partial charge >= 0.3 is 0 Å². The van der Waals surface area contributed by atoms with Crippen LogP contribution in [0.1, 0.15) is 31.7 Å². The summed E-state index contributed by atoms with van der Waals surface area (Å²) in [4.78, 5) is 16.6. The van der Waals surface area contributed by atoms with Crippen LogP contribution in [0.4, 0.5) is 0 Å². The van der Waals surface area contributed by atoms with E-state index in [4.69, 9.17) is 14.2 Å². The van der Waals surface area contributed by atoms with E-state index in [2.05, 4.69) is 39.4 Å². The van der Waals surface area contributed by atoms with Crippen molar-refractivity contribution in [3.63, 3.8) is 0 Å². The highest BCUT2D eigenvalue weighted by Gasteiger charge is 2.42. The smallest absolute Gasteiger partial charge is 0.217 e. The molecule has 3 aliphatic rings. The molecule has 0 bridgehead atoms. The Kier molecular flexibility index (Phi) is 8.41. The first-order chi connectivity index (χ1) is 15.6. The normalized spacial score (nSPS) is 28.9. The molecule has 7 heteroatoms. The second-order valence-electron chi connectivity index (χ2n) is 9.57. The molecule has 32 heavy (non-hydrogen) atoms. The summed E-state index contributed by atoms with van der Waals surface area (Å²) in [6, 6.07) is 8.72. The largest absolute Gasteiger partial charge is 0.494 e. The highest BCUT2D eigenvalue weighted by Crippen LogP contribution is 2.38. The van der Waals surface area contributed by atoms with Crippen LogP contribution in [0.2, 0.25) is 0 Å². The van der Waals surface area contributed by atoms with E-state index in [1.54, 1.807) is 14.0 Å². The van der Waals surface area contributed by atoms with Gasteiger partial charge in [0.15, 0.2) is 0 Å². The fraction of sp³-hybridized carbons (Fsp3) is 0.720. The molecular formula is C25H39N3O4. The van der Waals surface area contributed by atoms with E-state index in [9.17, 15) is 4.79 Å². The fourth-order valence-electron chi connectivity index (χ4n) is 5.57. The third kappa shape index (κ3) is 6.44. The van der Waals surface area contributed by atoms with Gasteiger partial charge in [0.25, 0.3) is 0 Å². The highest BCUT2D eigenvalue weighted by molar-refractivity contribution is 5.73. The van der Waals surface area contributed by atoms with Crippen LogP contribution in [-0.4, -0.2) is 87.5 Å². The first kappa shape index (κ1) is 23.5. The van der Waals surface area contributed by atoms with Crippen molar-refractivity contribution in [2.45, 2.75) is 44.9 Å². The van der Waals surface area contributed by atoms with Crippen molar-refractivity contribution in [1.82, 2.24) is 15.1 Å². The number of benzene rings is 1. The second-order valence-corrected chi connectivity index (χ2v) is 9.57. The Balaban J connectivity index is 1.20. The Morgan fingerprint density at radius 2 is 1.81 bits per heavy atom. The fourth-order valence-corrected chi connectivity index (χ4v) is 5.57. The van der Waals surface area contributed by atoms with E-state index < -0.39 is 0 Å². The van der Waals surface area contributed by atoms with Gasteiger partial charge in [0.1, 0.15) is 5.75 Å². The molecule has 1 amide bonds. The van der Waals surface area contributed by atoms with Crippen molar-refractivity contribution in [3.05, 3.63) is 29.8 Å². The Morgan fingerprint density at radius 1 is 1.09 bits per heavy atom. The molecule has 7 nitrogen and oxygen atoms in total. The predicted octanol–water partition coefficient (Wildman–Crippen LogP) is 2.15. The Morgan fingerprint density at radius 3 is 2.50 bits per heavy atom. The zero-order valence-corrected chi connectivity index (χ0v) is 19.6. The SMILES string of the molecule is CO[C@@H]1C[C@H]2CN(Cc3ccc(OCCCN4CCOCC4)cc3)C[C@H]2C[C@H]1NC(C)=O. The molecule has 4 rings (SSSR count). The van der Waals surface area contributed by atoms with Gasteiger partial charge in [-0.3, -0.25) is 14.6 Å². The van der Waals surface area contributed by atoms with Crippen molar-refractivity contribution in [2.24, 2.45) is 11.8 Å². The van der Waals surface area contributed by atoms with Gasteiger partial charge in [-0.25, -0.2) is 0 Å². The molecule has 2 saturated heterocycles. The van der Waals surface area contributed by atoms with Gasteiger partial charge in [-0.15, -0.1) is 0 Å². The van der Waals surface area contributed by atoms with E-state index in [1.165, 1.54) is 5.56 Å². The lowest BCUT2D eigenvalue weighted by Gasteiger charge is -2.37. The zero-order valence-electron chi connectivity index (χ0n) is 19.6. The molecule has 1 aromatic rings. The lowest BCUT2D eigenvalue weighted by Crippen LogP contribution is -2.49. The van der Waals surface area contributed by atoms with Crippen molar-refractivity contribution in [2.75, 3.05) is 59.7 Å². The summed E-state index contributed by atoms with van der Waals surface area (Å²) >= 11 is 0. The van der Waals surface area contributed by atoms with Crippen LogP contribution in [0, 0.1) is 11.8 Å². The number of ether oxygens (including phenoxy) is 3. The van der Waals surface area contributed by atoms with E-state index in [1.807, 2.05) is 0 Å². The maximum absolute atomic E-state index is 11.6. The Hall–Kier alpha value is -1.67. The van der Waals surface area contributed by atoms with Gasteiger partial charge in [-0.1, -0.05) is 12.1 Å². The monoisotopic (exact) mass is 445 g/mol. The van der Waals surface area contributed by atoms with Gasteiger partial charge in [0.05, 0.1) is 32.0 Å². The van der Waals surface area contributed by atoms with Crippen molar-refractivity contribution in [3.8, 4) is 5.75 Å². The summed E-state index contributed by atoms with van der Waals surface area (Å²) in [5.41, 5.74) is 1.33. The molecule has 1 saturated carbocycles. The van der Waals surface area contributed by atoms with Gasteiger partial charge in [-0.05, 0) is 48.8 Å². The number of carbonyl (C=O) groups is 1. The molecule has 0 radical (unpaired) electrons. The van der Waals surface area contributed by atoms with Gasteiger partial charge in [-0.2, -0.15) is 0 Å². The predicted molar refractivity (Wildman–Crippen MR) is 124 cm³/mol. The molecular weight excluding hydrogens is 406 g/mol. The average Bonchev–Trinajstić information content (AvgIpc) is 3.18. The average molecular weight is 446 g/mol. The van der Waals surface area contributed by atoms with Crippen LogP contribution < -0.4 is 10.1 Å². The van der Waals surface area contributed by atoms with Crippen LogP contribution >= 0.6 is 0 Å². The quantitative estimate of drug-likeness (QED) is 0.588. The van der Waals surface area contributed by atoms with E-state index in [0.29, 0.717) is 11.8 Å². The maximum atomic E-state index is 11.6. The number of carbonyl (C=O) groups excluding carboxylic acids is 1. The Labute approximate surface area is 192 Å². The molecule has 1 N–H and O–H groups in total. The standard InChI is InChI=1S/C25H39N3O4/c1-19(29)26-24-14-21-17-28(18-22(21)15-25(24)30-2)16-20-4-6-23(7-5-20)32-11-3-8-27-9-12-31-13-10-27/h4-7,21-22,24-25H,3,8-18H2,1-2H3,(H,26,29)/t21-,22+,24-,25-/m1/s1. The number of likely N-dealkylation sites (tertiary alicyclic amines) is 1. The molecule has 0 spiro atoms. The van der Waals surface area contributed by atoms with E-state index in [0.717, 1.165) is 84.1 Å². The highest BCUT2D eigenvalue weighted by atomic mass is 16.5. The van der Waals surface area contributed by atoms with Crippen LogP contribution in [0.15, 0.2) is 24.3 Å². The van der Waals surface area contributed by atoms with Crippen LogP contribution in [0.3, 0.4) is 0 Å². The third-order valence-corrected chi connectivity index (χ3v) is 7.20. The van der Waals surface area contributed by atoms with Gasteiger partial charge in [0.2, 0.25) is 5.91 Å². The number of morpholine rings is 1. The van der Waals surface area contributed by atoms with Crippen LogP contribution in [-0.2, 0) is 20.8 Å². The molecule has 2 aliphatic heterocycles. The molecule has 1 aromatic carbocycles. The number of hydrogen-bond donors (Lipinski definition) is 1. The molecule has 178 valence electrons. The van der Waals surface area contributed by atoms with Crippen LogP contribution in [0.25, 0.3) is 0 Å². The van der Waals surface area contributed by atoms with Crippen molar-refractivity contribution in [1.29, 1.82) is 0 Å². The van der Waals surface area contributed by atoms with Gasteiger partial charge in [0, 0.05) is 53.3 Å². The third-order valence-electron chi connectivity index (χ3n) is 7.20. The minimum absolute atomic E-state index is 0.0359. The molecule has 1 aliphatic carbocycles. The van der Waals surface area contributed by atoms with Crippen molar-refractivity contribution < 1.29 is 19.0 Å². The maximum Gasteiger partial charge on any atom is 0.217 e. The van der Waals surface area contributed by atoms with Crippen LogP contribution in [0.5, 0.6) is 5.75 Å². The summed E-state index contributed by atoms with van der Waals surface area (Å²) < 4.78 is 17.0. The topological polar surface area (TPSA) is 63.3 Å². The summed E-state index contributed by atoms with van der Waals surface area (Å²) in [5.74, 6) is 2.27. The number of nitrogens with zero attached hydrogens (tertiary/aromatic N) is 2. The lowest BCUT2D eigenvalue weighted by molar-refractivity contribution is -0.121. The summed E-state index contributed by atoms with van der Waals surface area (Å²) in [6.45, 7) is 10.4. The lowest BCUT2D eigenvalue weighted by atomic mass is 9.77. The molecule has 2 heterocycles. The number of amides is 1. The number of hydrogen-bond acceptors (Lipinski definition) is 6. The first-order valence-electron chi connectivity index (χ1n) is 12.1. The first-order valence-corrected chi connectivity index (χ1v) is 12.1. The number of nitrogens with one attached hydrogen (secondary N) is 1. The van der Waals surface area contributed by atoms with E-state index in [-0.39, 0.29) is 18.1 Å². The number of methoxy groups -OCH3 is 1. The summed E-state index contributed by atoms with van der Waals surface area (Å²) in [7, 11) is 1.76. The number of fused-ring (bicyclic) bond motifs is 1. The molecule has 0 unspecified atom stereocenters. The minimum Gasteiger partial charge on any atom is -0.494 e. The molecule has 0 aromatic heterocycles. The van der Waals surface area contributed by atoms with Crippen molar-refractivity contribution >= 4 is 5.91 Å².